The second-order valence-corrected chi connectivity index (χ2v) is 6.00. The maximum atomic E-state index is 12.3. The van der Waals surface area contributed by atoms with E-state index in [2.05, 4.69) is 10.9 Å². The van der Waals surface area contributed by atoms with Crippen LogP contribution in [-0.2, 0) is 9.59 Å². The van der Waals surface area contributed by atoms with E-state index in [0.717, 1.165) is 11.3 Å². The topological polar surface area (TPSA) is 78.5 Å². The van der Waals surface area contributed by atoms with Crippen LogP contribution in [0.25, 0.3) is 0 Å². The van der Waals surface area contributed by atoms with Gasteiger partial charge in [0, 0.05) is 24.2 Å². The van der Waals surface area contributed by atoms with Crippen LogP contribution in [0.4, 0.5) is 5.69 Å². The molecule has 3 amide bonds. The van der Waals surface area contributed by atoms with Crippen LogP contribution >= 0.6 is 0 Å². The molecule has 0 saturated carbocycles. The molecule has 6 heteroatoms. The molecule has 0 bridgehead atoms. The molecule has 0 aliphatic carbocycles. The van der Waals surface area contributed by atoms with Crippen molar-refractivity contribution in [2.45, 2.75) is 13.3 Å². The van der Waals surface area contributed by atoms with Crippen LogP contribution in [0.5, 0.6) is 0 Å². The van der Waals surface area contributed by atoms with E-state index in [1.54, 1.807) is 35.2 Å². The molecule has 0 spiro atoms. The molecule has 1 aliphatic rings. The number of amides is 3. The number of rotatable bonds is 3. The van der Waals surface area contributed by atoms with E-state index in [9.17, 15) is 14.4 Å². The molecule has 128 valence electrons. The predicted octanol–water partition coefficient (Wildman–Crippen LogP) is 1.81. The fourth-order valence-corrected chi connectivity index (χ4v) is 2.86. The third-order valence-corrected chi connectivity index (χ3v) is 4.24. The molecule has 1 fully saturated rings. The number of nitrogens with zero attached hydrogens (tertiary/aromatic N) is 1. The van der Waals surface area contributed by atoms with Crippen LogP contribution in [0.1, 0.15) is 22.3 Å². The van der Waals surface area contributed by atoms with Gasteiger partial charge in [-0.15, -0.1) is 0 Å². The van der Waals surface area contributed by atoms with Gasteiger partial charge in [0.25, 0.3) is 5.91 Å². The summed E-state index contributed by atoms with van der Waals surface area (Å²) in [6, 6.07) is 16.2. The zero-order valence-electron chi connectivity index (χ0n) is 13.9. The van der Waals surface area contributed by atoms with Gasteiger partial charge in [-0.25, -0.2) is 0 Å². The zero-order chi connectivity index (χ0) is 17.8. The van der Waals surface area contributed by atoms with Crippen molar-refractivity contribution >= 4 is 23.4 Å². The Bertz CT molecular complexity index is 805. The number of nitrogens with one attached hydrogen (secondary N) is 2. The lowest BCUT2D eigenvalue weighted by Gasteiger charge is -2.19. The molecule has 0 aromatic heterocycles. The van der Waals surface area contributed by atoms with Crippen molar-refractivity contribution in [1.82, 2.24) is 10.9 Å². The molecule has 2 N–H and O–H groups in total. The van der Waals surface area contributed by atoms with Gasteiger partial charge in [0.05, 0.1) is 5.92 Å². The number of carbonyl (C=O) groups is 3. The first-order valence-electron chi connectivity index (χ1n) is 8.07. The average Bonchev–Trinajstić information content (AvgIpc) is 3.02. The zero-order valence-corrected chi connectivity index (χ0v) is 13.9. The normalized spacial score (nSPS) is 16.6. The van der Waals surface area contributed by atoms with Gasteiger partial charge in [0.15, 0.2) is 0 Å². The van der Waals surface area contributed by atoms with Gasteiger partial charge in [-0.2, -0.15) is 0 Å². The van der Waals surface area contributed by atoms with Crippen molar-refractivity contribution in [3.8, 4) is 0 Å². The van der Waals surface area contributed by atoms with E-state index >= 15 is 0 Å². The quantitative estimate of drug-likeness (QED) is 0.839. The second-order valence-electron chi connectivity index (χ2n) is 6.00. The minimum Gasteiger partial charge on any atom is -0.311 e. The van der Waals surface area contributed by atoms with Crippen LogP contribution in [0, 0.1) is 12.8 Å². The number of hydrazine groups is 1. The molecule has 3 rings (SSSR count). The SMILES string of the molecule is Cc1ccccc1N1C[C@@H](C(=O)NNC(=O)c2ccccc2)CC1=O. The molecule has 25 heavy (non-hydrogen) atoms. The van der Waals surface area contributed by atoms with E-state index in [4.69, 9.17) is 0 Å². The fourth-order valence-electron chi connectivity index (χ4n) is 2.86. The summed E-state index contributed by atoms with van der Waals surface area (Å²) in [4.78, 5) is 38.1. The molecule has 0 unspecified atom stereocenters. The van der Waals surface area contributed by atoms with Gasteiger partial charge < -0.3 is 4.90 Å². The fraction of sp³-hybridized carbons (Fsp3) is 0.211. The summed E-state index contributed by atoms with van der Waals surface area (Å²) in [6.45, 7) is 2.23. The van der Waals surface area contributed by atoms with E-state index in [0.29, 0.717) is 12.1 Å². The Morgan fingerprint density at radius 1 is 1.00 bits per heavy atom. The molecule has 2 aromatic carbocycles. The molecule has 1 saturated heterocycles. The summed E-state index contributed by atoms with van der Waals surface area (Å²) >= 11 is 0. The van der Waals surface area contributed by atoms with Crippen LogP contribution in [0.3, 0.4) is 0 Å². The first-order chi connectivity index (χ1) is 12.1. The lowest BCUT2D eigenvalue weighted by Crippen LogP contribution is -2.45. The molecule has 2 aromatic rings. The number of anilines is 1. The highest BCUT2D eigenvalue weighted by atomic mass is 16.2. The molecule has 0 radical (unpaired) electrons. The maximum absolute atomic E-state index is 12.3. The van der Waals surface area contributed by atoms with E-state index in [-0.39, 0.29) is 18.2 Å². The van der Waals surface area contributed by atoms with Gasteiger partial charge >= 0.3 is 0 Å². The summed E-state index contributed by atoms with van der Waals surface area (Å²) < 4.78 is 0. The molecular formula is C19H19N3O3. The van der Waals surface area contributed by atoms with Crippen molar-refractivity contribution in [3.63, 3.8) is 0 Å². The number of hydrogen-bond acceptors (Lipinski definition) is 3. The highest BCUT2D eigenvalue weighted by molar-refractivity contribution is 6.01. The highest BCUT2D eigenvalue weighted by Crippen LogP contribution is 2.27. The van der Waals surface area contributed by atoms with Gasteiger partial charge in [-0.05, 0) is 30.7 Å². The van der Waals surface area contributed by atoms with Crippen molar-refractivity contribution < 1.29 is 14.4 Å². The predicted molar refractivity (Wildman–Crippen MR) is 93.7 cm³/mol. The highest BCUT2D eigenvalue weighted by Gasteiger charge is 2.35. The van der Waals surface area contributed by atoms with E-state index in [1.807, 2.05) is 31.2 Å². The third kappa shape index (κ3) is 3.68. The summed E-state index contributed by atoms with van der Waals surface area (Å²) in [7, 11) is 0. The van der Waals surface area contributed by atoms with Gasteiger partial charge in [0.1, 0.15) is 0 Å². The monoisotopic (exact) mass is 337 g/mol. The number of para-hydroxylation sites is 1. The maximum Gasteiger partial charge on any atom is 0.269 e. The third-order valence-electron chi connectivity index (χ3n) is 4.24. The molecular weight excluding hydrogens is 318 g/mol. The summed E-state index contributed by atoms with van der Waals surface area (Å²) in [6.07, 6.45) is 0.126. The summed E-state index contributed by atoms with van der Waals surface area (Å²) in [5.74, 6) is -1.35. The lowest BCUT2D eigenvalue weighted by atomic mass is 10.1. The Balaban J connectivity index is 1.60. The van der Waals surface area contributed by atoms with Crippen LogP contribution in [0.2, 0.25) is 0 Å². The minimum absolute atomic E-state index is 0.0937. The van der Waals surface area contributed by atoms with Crippen LogP contribution < -0.4 is 15.8 Å². The van der Waals surface area contributed by atoms with Crippen LogP contribution in [-0.4, -0.2) is 24.3 Å². The Kier molecular flexibility index (Phi) is 4.79. The first kappa shape index (κ1) is 16.7. The Labute approximate surface area is 145 Å². The van der Waals surface area contributed by atoms with Crippen molar-refractivity contribution in [2.24, 2.45) is 5.92 Å². The van der Waals surface area contributed by atoms with Crippen molar-refractivity contribution in [3.05, 3.63) is 65.7 Å². The Morgan fingerprint density at radius 2 is 1.68 bits per heavy atom. The minimum atomic E-state index is -0.497. The summed E-state index contributed by atoms with van der Waals surface area (Å²) in [5.41, 5.74) is 7.05. The van der Waals surface area contributed by atoms with Gasteiger partial charge in [-0.3, -0.25) is 25.2 Å². The lowest BCUT2D eigenvalue weighted by molar-refractivity contribution is -0.126. The molecule has 1 atom stereocenters. The summed E-state index contributed by atoms with van der Waals surface area (Å²) in [5, 5.41) is 0. The number of benzene rings is 2. The standard InChI is InChI=1S/C19H19N3O3/c1-13-7-5-6-10-16(13)22-12-15(11-17(22)23)19(25)21-20-18(24)14-8-3-2-4-9-14/h2-10,15H,11-12H2,1H3,(H,20,24)(H,21,25)/t15-/m0/s1. The Morgan fingerprint density at radius 3 is 2.40 bits per heavy atom. The van der Waals surface area contributed by atoms with Crippen molar-refractivity contribution in [1.29, 1.82) is 0 Å². The number of carbonyl (C=O) groups excluding carboxylic acids is 3. The van der Waals surface area contributed by atoms with Gasteiger partial charge in [-0.1, -0.05) is 36.4 Å². The van der Waals surface area contributed by atoms with Gasteiger partial charge in [0.2, 0.25) is 11.8 Å². The largest absolute Gasteiger partial charge is 0.311 e. The van der Waals surface area contributed by atoms with E-state index in [1.165, 1.54) is 0 Å². The van der Waals surface area contributed by atoms with Crippen molar-refractivity contribution in [2.75, 3.05) is 11.4 Å². The molecule has 1 heterocycles. The molecule has 6 nitrogen and oxygen atoms in total. The smallest absolute Gasteiger partial charge is 0.269 e. The first-order valence-corrected chi connectivity index (χ1v) is 8.07. The van der Waals surface area contributed by atoms with Crippen LogP contribution in [0.15, 0.2) is 54.6 Å². The second kappa shape index (κ2) is 7.17. The Hall–Kier alpha value is -3.15. The number of hydrogen-bond donors (Lipinski definition) is 2. The van der Waals surface area contributed by atoms with E-state index < -0.39 is 11.8 Å². The average molecular weight is 337 g/mol. The molecule has 1 aliphatic heterocycles. The number of aryl methyl sites for hydroxylation is 1.